The van der Waals surface area contributed by atoms with Crippen LogP contribution in [-0.2, 0) is 6.42 Å². The number of carbonyl (C=O) groups excluding carboxylic acids is 1. The molecule has 0 unspecified atom stereocenters. The summed E-state index contributed by atoms with van der Waals surface area (Å²) in [6.45, 7) is 2.07. The van der Waals surface area contributed by atoms with E-state index in [9.17, 15) is 4.79 Å². The lowest BCUT2D eigenvalue weighted by atomic mass is 10.2. The Morgan fingerprint density at radius 3 is 2.60 bits per heavy atom. The molecule has 2 aromatic carbocycles. The second-order valence-corrected chi connectivity index (χ2v) is 4.62. The molecule has 20 heavy (non-hydrogen) atoms. The van der Waals surface area contributed by atoms with Gasteiger partial charge in [0.15, 0.2) is 0 Å². The van der Waals surface area contributed by atoms with Gasteiger partial charge in [-0.1, -0.05) is 25.1 Å². The second kappa shape index (κ2) is 4.81. The molecule has 3 rings (SSSR count). The number of primary amides is 1. The summed E-state index contributed by atoms with van der Waals surface area (Å²) in [5.74, 6) is 0.534. The van der Waals surface area contributed by atoms with E-state index in [0.29, 0.717) is 5.56 Å². The molecular formula is C16H15N3O. The number of hydrogen-bond acceptors (Lipinski definition) is 2. The zero-order valence-corrected chi connectivity index (χ0v) is 11.2. The molecule has 2 N–H and O–H groups in total. The van der Waals surface area contributed by atoms with E-state index in [0.717, 1.165) is 29.0 Å². The normalized spacial score (nSPS) is 10.8. The molecule has 1 aromatic heterocycles. The van der Waals surface area contributed by atoms with Crippen molar-refractivity contribution in [1.82, 2.24) is 9.55 Å². The first kappa shape index (κ1) is 12.4. The molecule has 0 saturated heterocycles. The third-order valence-electron chi connectivity index (χ3n) is 3.34. The summed E-state index contributed by atoms with van der Waals surface area (Å²) in [6, 6.07) is 15.5. The summed E-state index contributed by atoms with van der Waals surface area (Å²) in [5, 5.41) is 0. The molecule has 1 amide bonds. The Labute approximate surface area is 116 Å². The van der Waals surface area contributed by atoms with Crippen LogP contribution in [0, 0.1) is 0 Å². The van der Waals surface area contributed by atoms with E-state index < -0.39 is 5.91 Å². The number of aromatic nitrogens is 2. The van der Waals surface area contributed by atoms with Gasteiger partial charge in [-0.25, -0.2) is 4.98 Å². The first-order valence-electron chi connectivity index (χ1n) is 6.57. The number of aryl methyl sites for hydroxylation is 1. The molecule has 4 heteroatoms. The number of hydrogen-bond donors (Lipinski definition) is 1. The minimum Gasteiger partial charge on any atom is -0.366 e. The van der Waals surface area contributed by atoms with Gasteiger partial charge in [0.05, 0.1) is 11.0 Å². The summed E-state index contributed by atoms with van der Waals surface area (Å²) in [4.78, 5) is 15.9. The average Bonchev–Trinajstić information content (AvgIpc) is 2.85. The maximum Gasteiger partial charge on any atom is 0.248 e. The average molecular weight is 265 g/mol. The molecule has 4 nitrogen and oxygen atoms in total. The van der Waals surface area contributed by atoms with E-state index in [-0.39, 0.29) is 0 Å². The first-order valence-corrected chi connectivity index (χ1v) is 6.57. The largest absolute Gasteiger partial charge is 0.366 e. The van der Waals surface area contributed by atoms with Crippen LogP contribution in [0.1, 0.15) is 23.1 Å². The van der Waals surface area contributed by atoms with Crippen molar-refractivity contribution in [1.29, 1.82) is 0 Å². The predicted octanol–water partition coefficient (Wildman–Crippen LogP) is 2.69. The minimum absolute atomic E-state index is 0.431. The summed E-state index contributed by atoms with van der Waals surface area (Å²) in [7, 11) is 0. The fourth-order valence-corrected chi connectivity index (χ4v) is 2.39. The highest BCUT2D eigenvalue weighted by Crippen LogP contribution is 2.22. The molecule has 100 valence electrons. The van der Waals surface area contributed by atoms with E-state index in [1.54, 1.807) is 12.1 Å². The molecule has 0 aliphatic carbocycles. The summed E-state index contributed by atoms with van der Waals surface area (Å²) in [5.41, 5.74) is 8.65. The van der Waals surface area contributed by atoms with Gasteiger partial charge in [-0.2, -0.15) is 0 Å². The SMILES string of the molecule is CCc1nc2cc(C(N)=O)ccc2n1-c1ccccc1. The van der Waals surface area contributed by atoms with Crippen molar-refractivity contribution in [3.05, 3.63) is 59.9 Å². The second-order valence-electron chi connectivity index (χ2n) is 4.62. The highest BCUT2D eigenvalue weighted by atomic mass is 16.1. The topological polar surface area (TPSA) is 60.9 Å². The quantitative estimate of drug-likeness (QED) is 0.791. The highest BCUT2D eigenvalue weighted by molar-refractivity contribution is 5.96. The number of fused-ring (bicyclic) bond motifs is 1. The highest BCUT2D eigenvalue weighted by Gasteiger charge is 2.12. The van der Waals surface area contributed by atoms with Crippen molar-refractivity contribution < 1.29 is 4.79 Å². The number of benzene rings is 2. The van der Waals surface area contributed by atoms with Gasteiger partial charge < -0.3 is 5.73 Å². The van der Waals surface area contributed by atoms with E-state index in [4.69, 9.17) is 5.73 Å². The Morgan fingerprint density at radius 1 is 1.20 bits per heavy atom. The van der Waals surface area contributed by atoms with E-state index >= 15 is 0 Å². The Hall–Kier alpha value is -2.62. The third-order valence-corrected chi connectivity index (χ3v) is 3.34. The van der Waals surface area contributed by atoms with Crippen LogP contribution in [0.3, 0.4) is 0 Å². The van der Waals surface area contributed by atoms with Crippen molar-refractivity contribution >= 4 is 16.9 Å². The van der Waals surface area contributed by atoms with Gasteiger partial charge in [-0.3, -0.25) is 9.36 Å². The zero-order chi connectivity index (χ0) is 14.1. The van der Waals surface area contributed by atoms with Crippen LogP contribution >= 0.6 is 0 Å². The third kappa shape index (κ3) is 1.95. The van der Waals surface area contributed by atoms with Gasteiger partial charge >= 0.3 is 0 Å². The van der Waals surface area contributed by atoms with Gasteiger partial charge in [0, 0.05) is 17.7 Å². The van der Waals surface area contributed by atoms with E-state index in [2.05, 4.69) is 16.5 Å². The lowest BCUT2D eigenvalue weighted by molar-refractivity contribution is 0.100. The number of amides is 1. The van der Waals surface area contributed by atoms with Gasteiger partial charge in [0.25, 0.3) is 0 Å². The van der Waals surface area contributed by atoms with Crippen LogP contribution < -0.4 is 5.73 Å². The van der Waals surface area contributed by atoms with Crippen LogP contribution in [0.15, 0.2) is 48.5 Å². The van der Waals surface area contributed by atoms with Crippen LogP contribution in [0.4, 0.5) is 0 Å². The van der Waals surface area contributed by atoms with Crippen molar-refractivity contribution in [2.45, 2.75) is 13.3 Å². The molecule has 3 aromatic rings. The Kier molecular flexibility index (Phi) is 2.99. The van der Waals surface area contributed by atoms with Crippen LogP contribution in [0.25, 0.3) is 16.7 Å². The number of nitrogens with zero attached hydrogens (tertiary/aromatic N) is 2. The lowest BCUT2D eigenvalue weighted by Crippen LogP contribution is -2.10. The number of nitrogens with two attached hydrogens (primary N) is 1. The fourth-order valence-electron chi connectivity index (χ4n) is 2.39. The number of carbonyl (C=O) groups is 1. The monoisotopic (exact) mass is 265 g/mol. The summed E-state index contributed by atoms with van der Waals surface area (Å²) >= 11 is 0. The van der Waals surface area contributed by atoms with Crippen LogP contribution in [0.2, 0.25) is 0 Å². The molecule has 0 aliphatic rings. The summed E-state index contributed by atoms with van der Waals surface area (Å²) in [6.07, 6.45) is 0.815. The predicted molar refractivity (Wildman–Crippen MR) is 79.0 cm³/mol. The first-order chi connectivity index (χ1) is 9.70. The minimum atomic E-state index is -0.431. The van der Waals surface area contributed by atoms with E-state index in [1.165, 1.54) is 0 Å². The lowest BCUT2D eigenvalue weighted by Gasteiger charge is -2.07. The number of para-hydroxylation sites is 1. The van der Waals surface area contributed by atoms with Gasteiger partial charge in [-0.15, -0.1) is 0 Å². The molecular weight excluding hydrogens is 250 g/mol. The van der Waals surface area contributed by atoms with E-state index in [1.807, 2.05) is 36.4 Å². The smallest absolute Gasteiger partial charge is 0.248 e. The van der Waals surface area contributed by atoms with Gasteiger partial charge in [-0.05, 0) is 30.3 Å². The number of rotatable bonds is 3. The Balaban J connectivity index is 2.28. The van der Waals surface area contributed by atoms with Crippen molar-refractivity contribution in [3.63, 3.8) is 0 Å². The Morgan fingerprint density at radius 2 is 1.95 bits per heavy atom. The maximum absolute atomic E-state index is 11.3. The summed E-state index contributed by atoms with van der Waals surface area (Å²) < 4.78 is 2.11. The Bertz CT molecular complexity index is 775. The van der Waals surface area contributed by atoms with Crippen LogP contribution in [-0.4, -0.2) is 15.5 Å². The fraction of sp³-hybridized carbons (Fsp3) is 0.125. The molecule has 0 radical (unpaired) electrons. The van der Waals surface area contributed by atoms with Crippen LogP contribution in [0.5, 0.6) is 0 Å². The molecule has 0 bridgehead atoms. The molecule has 0 aliphatic heterocycles. The molecule has 0 saturated carbocycles. The maximum atomic E-state index is 11.3. The van der Waals surface area contributed by atoms with Gasteiger partial charge in [0.1, 0.15) is 5.82 Å². The van der Waals surface area contributed by atoms with Crippen molar-refractivity contribution in [3.8, 4) is 5.69 Å². The van der Waals surface area contributed by atoms with Crippen molar-refractivity contribution in [2.24, 2.45) is 5.73 Å². The van der Waals surface area contributed by atoms with Gasteiger partial charge in [0.2, 0.25) is 5.91 Å². The standard InChI is InChI=1S/C16H15N3O/c1-2-15-18-13-10-11(16(17)20)8-9-14(13)19(15)12-6-4-3-5-7-12/h3-10H,2H2,1H3,(H2,17,20). The van der Waals surface area contributed by atoms with Crippen molar-refractivity contribution in [2.75, 3.05) is 0 Å². The molecule has 0 atom stereocenters. The number of imidazole rings is 1. The molecule has 0 spiro atoms. The molecule has 0 fully saturated rings. The molecule has 1 heterocycles. The zero-order valence-electron chi connectivity index (χ0n) is 11.2.